The topological polar surface area (TPSA) is 9.23 Å². The summed E-state index contributed by atoms with van der Waals surface area (Å²) in [5.74, 6) is -9.92. The second-order valence-corrected chi connectivity index (χ2v) is 5.24. The summed E-state index contributed by atoms with van der Waals surface area (Å²) in [5.41, 5.74) is -0.451. The third kappa shape index (κ3) is 2.50. The number of ether oxygens (including phenoxy) is 1. The number of hydrogen-bond acceptors (Lipinski definition) is 1. The quantitative estimate of drug-likeness (QED) is 0.530. The lowest BCUT2D eigenvalue weighted by Crippen LogP contribution is -2.47. The second-order valence-electron chi connectivity index (χ2n) is 5.24. The molecule has 0 aromatic heterocycles. The normalized spacial score (nSPS) is 25.6. The SMILES string of the molecule is C=CCOC1=CC=C(C2CCCCC2)C(F)(F)C1(F)F. The van der Waals surface area contributed by atoms with Gasteiger partial charge in [0.2, 0.25) is 0 Å². The van der Waals surface area contributed by atoms with Gasteiger partial charge in [0.05, 0.1) is 0 Å². The average Bonchev–Trinajstić information content (AvgIpc) is 2.41. The summed E-state index contributed by atoms with van der Waals surface area (Å²) in [7, 11) is 0. The van der Waals surface area contributed by atoms with Crippen LogP contribution in [0.1, 0.15) is 32.1 Å². The van der Waals surface area contributed by atoms with E-state index >= 15 is 0 Å². The zero-order valence-electron chi connectivity index (χ0n) is 11.2. The monoisotopic (exact) mass is 290 g/mol. The minimum atomic E-state index is -4.29. The maximum absolute atomic E-state index is 14.1. The third-order valence-electron chi connectivity index (χ3n) is 3.88. The van der Waals surface area contributed by atoms with Crippen LogP contribution in [0.5, 0.6) is 0 Å². The maximum atomic E-state index is 14.1. The van der Waals surface area contributed by atoms with Crippen LogP contribution < -0.4 is 0 Å². The first kappa shape index (κ1) is 15.1. The largest absolute Gasteiger partial charge is 0.487 e. The van der Waals surface area contributed by atoms with E-state index in [0.717, 1.165) is 31.4 Å². The predicted molar refractivity (Wildman–Crippen MR) is 68.8 cm³/mol. The van der Waals surface area contributed by atoms with Crippen LogP contribution in [0, 0.1) is 5.92 Å². The fourth-order valence-corrected chi connectivity index (χ4v) is 2.80. The first-order valence-electron chi connectivity index (χ1n) is 6.83. The molecule has 1 nitrogen and oxygen atoms in total. The smallest absolute Gasteiger partial charge is 0.370 e. The molecule has 0 unspecified atom stereocenters. The summed E-state index contributed by atoms with van der Waals surface area (Å²) >= 11 is 0. The number of hydrogen-bond donors (Lipinski definition) is 0. The molecule has 1 saturated carbocycles. The van der Waals surface area contributed by atoms with Crippen molar-refractivity contribution in [2.75, 3.05) is 6.61 Å². The highest BCUT2D eigenvalue weighted by Gasteiger charge is 2.64. The number of halogens is 4. The van der Waals surface area contributed by atoms with Crippen LogP contribution in [0.4, 0.5) is 17.6 Å². The second kappa shape index (κ2) is 5.62. The van der Waals surface area contributed by atoms with Gasteiger partial charge in [0.25, 0.3) is 0 Å². The Morgan fingerprint density at radius 1 is 1.10 bits per heavy atom. The molecule has 2 aliphatic rings. The summed E-state index contributed by atoms with van der Waals surface area (Å²) in [5, 5.41) is 0. The van der Waals surface area contributed by atoms with Crippen LogP contribution in [-0.4, -0.2) is 18.5 Å². The molecule has 2 aliphatic carbocycles. The molecule has 0 atom stereocenters. The van der Waals surface area contributed by atoms with E-state index in [1.165, 1.54) is 6.08 Å². The third-order valence-corrected chi connectivity index (χ3v) is 3.88. The van der Waals surface area contributed by atoms with Gasteiger partial charge in [-0.1, -0.05) is 38.0 Å². The number of rotatable bonds is 4. The van der Waals surface area contributed by atoms with E-state index in [-0.39, 0.29) is 6.61 Å². The van der Waals surface area contributed by atoms with E-state index in [0.29, 0.717) is 12.8 Å². The molecule has 0 saturated heterocycles. The summed E-state index contributed by atoms with van der Waals surface area (Å²) in [6.07, 6.45) is 7.05. The van der Waals surface area contributed by atoms with Crippen molar-refractivity contribution < 1.29 is 22.3 Å². The molecule has 0 aromatic rings. The van der Waals surface area contributed by atoms with Crippen molar-refractivity contribution in [2.24, 2.45) is 5.92 Å². The minimum Gasteiger partial charge on any atom is -0.487 e. The number of alkyl halides is 4. The van der Waals surface area contributed by atoms with Gasteiger partial charge in [-0.05, 0) is 24.8 Å². The van der Waals surface area contributed by atoms with Crippen molar-refractivity contribution in [1.29, 1.82) is 0 Å². The van der Waals surface area contributed by atoms with Crippen LogP contribution in [0.2, 0.25) is 0 Å². The Bertz CT molecular complexity index is 431. The molecule has 20 heavy (non-hydrogen) atoms. The fraction of sp³-hybridized carbons (Fsp3) is 0.600. The molecule has 5 heteroatoms. The molecule has 0 bridgehead atoms. The minimum absolute atomic E-state index is 0.218. The Balaban J connectivity index is 2.29. The average molecular weight is 290 g/mol. The van der Waals surface area contributed by atoms with Gasteiger partial charge in [-0.2, -0.15) is 17.6 Å². The van der Waals surface area contributed by atoms with E-state index in [4.69, 9.17) is 0 Å². The van der Waals surface area contributed by atoms with Gasteiger partial charge in [0.1, 0.15) is 6.61 Å². The molecule has 0 spiro atoms. The Kier molecular flexibility index (Phi) is 4.25. The zero-order chi connectivity index (χ0) is 14.8. The predicted octanol–water partition coefficient (Wildman–Crippen LogP) is 4.86. The number of allylic oxidation sites excluding steroid dienone is 4. The van der Waals surface area contributed by atoms with E-state index in [1.807, 2.05) is 0 Å². The van der Waals surface area contributed by atoms with E-state index in [1.54, 1.807) is 0 Å². The van der Waals surface area contributed by atoms with E-state index < -0.39 is 29.1 Å². The van der Waals surface area contributed by atoms with Crippen LogP contribution in [0.3, 0.4) is 0 Å². The van der Waals surface area contributed by atoms with Gasteiger partial charge in [-0.25, -0.2) is 0 Å². The van der Waals surface area contributed by atoms with Crippen molar-refractivity contribution in [2.45, 2.75) is 43.9 Å². The molecule has 2 rings (SSSR count). The molecule has 0 aliphatic heterocycles. The highest BCUT2D eigenvalue weighted by Crippen LogP contribution is 2.51. The van der Waals surface area contributed by atoms with Crippen molar-refractivity contribution in [3.63, 3.8) is 0 Å². The van der Waals surface area contributed by atoms with Crippen molar-refractivity contribution in [1.82, 2.24) is 0 Å². The standard InChI is InChI=1S/C15H18F4O/c1-2-10-20-13-9-8-12(11-6-4-3-5-7-11)14(16,17)15(13,18)19/h2,8-9,11H,1,3-7,10H2. The van der Waals surface area contributed by atoms with Crippen LogP contribution in [0.15, 0.2) is 36.1 Å². The van der Waals surface area contributed by atoms with Crippen molar-refractivity contribution in [3.8, 4) is 0 Å². The lowest BCUT2D eigenvalue weighted by atomic mass is 9.78. The summed E-state index contributed by atoms with van der Waals surface area (Å²) in [6, 6.07) is 0. The fourth-order valence-electron chi connectivity index (χ4n) is 2.80. The van der Waals surface area contributed by atoms with Crippen LogP contribution >= 0.6 is 0 Å². The molecule has 0 radical (unpaired) electrons. The Hall–Kier alpha value is -1.26. The van der Waals surface area contributed by atoms with Crippen LogP contribution in [0.25, 0.3) is 0 Å². The summed E-state index contributed by atoms with van der Waals surface area (Å²) < 4.78 is 60.9. The zero-order valence-corrected chi connectivity index (χ0v) is 11.2. The Morgan fingerprint density at radius 2 is 1.75 bits per heavy atom. The lowest BCUT2D eigenvalue weighted by molar-refractivity contribution is -0.188. The molecule has 0 N–H and O–H groups in total. The van der Waals surface area contributed by atoms with Gasteiger partial charge in [0.15, 0.2) is 5.76 Å². The Labute approximate surface area is 116 Å². The highest BCUT2D eigenvalue weighted by molar-refractivity contribution is 5.36. The van der Waals surface area contributed by atoms with E-state index in [9.17, 15) is 17.6 Å². The van der Waals surface area contributed by atoms with Gasteiger partial charge in [0, 0.05) is 5.57 Å². The highest BCUT2D eigenvalue weighted by atomic mass is 19.3. The van der Waals surface area contributed by atoms with Gasteiger partial charge < -0.3 is 4.74 Å². The molecule has 0 aromatic carbocycles. The van der Waals surface area contributed by atoms with Crippen molar-refractivity contribution in [3.05, 3.63) is 36.1 Å². The van der Waals surface area contributed by atoms with Gasteiger partial charge >= 0.3 is 11.8 Å². The van der Waals surface area contributed by atoms with E-state index in [2.05, 4.69) is 11.3 Å². The first-order chi connectivity index (χ1) is 9.41. The van der Waals surface area contributed by atoms with Crippen LogP contribution in [-0.2, 0) is 4.74 Å². The first-order valence-corrected chi connectivity index (χ1v) is 6.83. The lowest BCUT2D eigenvalue weighted by Gasteiger charge is -2.37. The molecular formula is C15H18F4O. The molecule has 0 heterocycles. The van der Waals surface area contributed by atoms with Gasteiger partial charge in [-0.15, -0.1) is 0 Å². The molecule has 0 amide bonds. The molecule has 1 fully saturated rings. The molecule has 112 valence electrons. The van der Waals surface area contributed by atoms with Crippen molar-refractivity contribution >= 4 is 0 Å². The summed E-state index contributed by atoms with van der Waals surface area (Å²) in [4.78, 5) is 0. The Morgan fingerprint density at radius 3 is 2.35 bits per heavy atom. The maximum Gasteiger partial charge on any atom is 0.370 e. The summed E-state index contributed by atoms with van der Waals surface area (Å²) in [6.45, 7) is 3.10. The molecular weight excluding hydrogens is 272 g/mol. The van der Waals surface area contributed by atoms with Gasteiger partial charge in [-0.3, -0.25) is 0 Å².